The molecule has 1 heterocycles. The lowest BCUT2D eigenvalue weighted by Gasteiger charge is -2.14. The Morgan fingerprint density at radius 1 is 1.53 bits per heavy atom. The van der Waals surface area contributed by atoms with Gasteiger partial charge in [0.25, 0.3) is 0 Å². The minimum absolute atomic E-state index is 0.0442. The summed E-state index contributed by atoms with van der Waals surface area (Å²) in [6.07, 6.45) is 5.29. The summed E-state index contributed by atoms with van der Waals surface area (Å²) < 4.78 is 11.8. The van der Waals surface area contributed by atoms with Crippen molar-refractivity contribution < 1.29 is 14.3 Å². The van der Waals surface area contributed by atoms with Crippen LogP contribution in [0.5, 0.6) is 0 Å². The molecule has 1 aromatic heterocycles. The number of nitrogens with zero attached hydrogens (tertiary/aromatic N) is 2. The maximum absolute atomic E-state index is 11.4. The van der Waals surface area contributed by atoms with Crippen LogP contribution in [0.1, 0.15) is 6.92 Å². The molecule has 0 aliphatic heterocycles. The third-order valence-corrected chi connectivity index (χ3v) is 2.12. The molecule has 0 bridgehead atoms. The number of carbonyl (C=O) groups excluding carboxylic acids is 1. The van der Waals surface area contributed by atoms with E-state index in [9.17, 15) is 4.79 Å². The smallest absolute Gasteiger partial charge is 0.246 e. The molecule has 17 heavy (non-hydrogen) atoms. The molecule has 0 radical (unpaired) electrons. The molecule has 0 saturated carbocycles. The van der Waals surface area contributed by atoms with Gasteiger partial charge in [-0.15, -0.1) is 0 Å². The summed E-state index contributed by atoms with van der Waals surface area (Å²) in [5.41, 5.74) is 0. The van der Waals surface area contributed by atoms with Crippen LogP contribution in [0.3, 0.4) is 0 Å². The second-order valence-electron chi connectivity index (χ2n) is 3.77. The van der Waals surface area contributed by atoms with E-state index in [-0.39, 0.29) is 18.6 Å². The standard InChI is InChI=1S/C11H19N3O3/c1-10(7-14-4-3-12-9-14)13-11(15)8-17-6-5-16-2/h3-4,9-10H,5-8H2,1-2H3,(H,13,15). The van der Waals surface area contributed by atoms with Crippen molar-refractivity contribution in [3.8, 4) is 0 Å². The van der Waals surface area contributed by atoms with Gasteiger partial charge in [0.2, 0.25) is 5.91 Å². The average Bonchev–Trinajstić information content (AvgIpc) is 2.77. The Morgan fingerprint density at radius 3 is 3.00 bits per heavy atom. The zero-order valence-corrected chi connectivity index (χ0v) is 10.3. The summed E-state index contributed by atoms with van der Waals surface area (Å²) in [5, 5.41) is 2.84. The van der Waals surface area contributed by atoms with Crippen molar-refractivity contribution in [3.05, 3.63) is 18.7 Å². The highest BCUT2D eigenvalue weighted by atomic mass is 16.5. The number of carbonyl (C=O) groups is 1. The first-order valence-electron chi connectivity index (χ1n) is 5.54. The van der Waals surface area contributed by atoms with Crippen LogP contribution in [0, 0.1) is 0 Å². The summed E-state index contributed by atoms with van der Waals surface area (Å²) in [4.78, 5) is 15.4. The van der Waals surface area contributed by atoms with Gasteiger partial charge in [-0.1, -0.05) is 0 Å². The normalized spacial score (nSPS) is 12.4. The highest BCUT2D eigenvalue weighted by Gasteiger charge is 2.07. The van der Waals surface area contributed by atoms with Crippen LogP contribution in [0.4, 0.5) is 0 Å². The molecule has 96 valence electrons. The Labute approximate surface area is 101 Å². The van der Waals surface area contributed by atoms with Gasteiger partial charge in [-0.05, 0) is 6.92 Å². The van der Waals surface area contributed by atoms with Gasteiger partial charge in [-0.2, -0.15) is 0 Å². The zero-order chi connectivity index (χ0) is 12.5. The summed E-state index contributed by atoms with van der Waals surface area (Å²) in [7, 11) is 1.59. The third-order valence-electron chi connectivity index (χ3n) is 2.12. The second kappa shape index (κ2) is 7.81. The van der Waals surface area contributed by atoms with Crippen LogP contribution in [0.15, 0.2) is 18.7 Å². The SMILES string of the molecule is COCCOCC(=O)NC(C)Cn1ccnc1. The van der Waals surface area contributed by atoms with Crippen LogP contribution in [-0.4, -0.2) is 48.4 Å². The molecule has 6 heteroatoms. The molecule has 0 fully saturated rings. The maximum atomic E-state index is 11.4. The first-order chi connectivity index (χ1) is 8.22. The van der Waals surface area contributed by atoms with Gasteiger partial charge in [-0.3, -0.25) is 4.79 Å². The lowest BCUT2D eigenvalue weighted by molar-refractivity contribution is -0.126. The quantitative estimate of drug-likeness (QED) is 0.653. The molecular formula is C11H19N3O3. The molecule has 6 nitrogen and oxygen atoms in total. The van der Waals surface area contributed by atoms with Crippen LogP contribution in [0.25, 0.3) is 0 Å². The number of hydrogen-bond acceptors (Lipinski definition) is 4. The number of imidazole rings is 1. The van der Waals surface area contributed by atoms with Gasteiger partial charge < -0.3 is 19.4 Å². The van der Waals surface area contributed by atoms with Crippen molar-refractivity contribution in [2.45, 2.75) is 19.5 Å². The molecule has 1 rings (SSSR count). The monoisotopic (exact) mass is 241 g/mol. The number of hydrogen-bond donors (Lipinski definition) is 1. The van der Waals surface area contributed by atoms with Gasteiger partial charge in [0.05, 0.1) is 19.5 Å². The van der Waals surface area contributed by atoms with E-state index in [1.54, 1.807) is 19.6 Å². The summed E-state index contributed by atoms with van der Waals surface area (Å²) in [6.45, 7) is 3.63. The fourth-order valence-electron chi connectivity index (χ4n) is 1.38. The third kappa shape index (κ3) is 6.03. The number of nitrogens with one attached hydrogen (secondary N) is 1. The highest BCUT2D eigenvalue weighted by molar-refractivity contribution is 5.77. The molecule has 1 N–H and O–H groups in total. The van der Waals surface area contributed by atoms with Crippen LogP contribution >= 0.6 is 0 Å². The first-order valence-corrected chi connectivity index (χ1v) is 5.54. The molecule has 1 amide bonds. The molecule has 0 aliphatic carbocycles. The minimum atomic E-state index is -0.117. The summed E-state index contributed by atoms with van der Waals surface area (Å²) >= 11 is 0. The van der Waals surface area contributed by atoms with Crippen molar-refractivity contribution >= 4 is 5.91 Å². The van der Waals surface area contributed by atoms with Gasteiger partial charge in [0, 0.05) is 32.1 Å². The van der Waals surface area contributed by atoms with E-state index in [0.717, 1.165) is 0 Å². The number of ether oxygens (including phenoxy) is 2. The molecule has 1 atom stereocenters. The van der Waals surface area contributed by atoms with Crippen molar-refractivity contribution in [2.75, 3.05) is 26.9 Å². The summed E-state index contributed by atoms with van der Waals surface area (Å²) in [5.74, 6) is -0.117. The van der Waals surface area contributed by atoms with Gasteiger partial charge >= 0.3 is 0 Å². The Balaban J connectivity index is 2.13. The van der Waals surface area contributed by atoms with Crippen molar-refractivity contribution in [2.24, 2.45) is 0 Å². The zero-order valence-electron chi connectivity index (χ0n) is 10.3. The fourth-order valence-corrected chi connectivity index (χ4v) is 1.38. The molecule has 0 spiro atoms. The van der Waals surface area contributed by atoms with E-state index in [1.165, 1.54) is 0 Å². The van der Waals surface area contributed by atoms with Crippen molar-refractivity contribution in [3.63, 3.8) is 0 Å². The Hall–Kier alpha value is -1.40. The van der Waals surface area contributed by atoms with E-state index in [0.29, 0.717) is 19.8 Å². The molecule has 0 saturated heterocycles. The van der Waals surface area contributed by atoms with E-state index in [2.05, 4.69) is 10.3 Å². The lowest BCUT2D eigenvalue weighted by Crippen LogP contribution is -2.37. The number of rotatable bonds is 8. The van der Waals surface area contributed by atoms with E-state index < -0.39 is 0 Å². The molecular weight excluding hydrogens is 222 g/mol. The largest absolute Gasteiger partial charge is 0.382 e. The maximum Gasteiger partial charge on any atom is 0.246 e. The Kier molecular flexibility index (Phi) is 6.27. The van der Waals surface area contributed by atoms with Crippen LogP contribution in [-0.2, 0) is 20.8 Å². The molecule has 0 aromatic carbocycles. The van der Waals surface area contributed by atoms with Crippen molar-refractivity contribution in [1.29, 1.82) is 0 Å². The second-order valence-corrected chi connectivity index (χ2v) is 3.77. The topological polar surface area (TPSA) is 65.4 Å². The van der Waals surface area contributed by atoms with Crippen LogP contribution in [0.2, 0.25) is 0 Å². The van der Waals surface area contributed by atoms with Crippen molar-refractivity contribution in [1.82, 2.24) is 14.9 Å². The molecule has 0 aliphatic rings. The highest BCUT2D eigenvalue weighted by Crippen LogP contribution is 1.91. The van der Waals surface area contributed by atoms with E-state index in [1.807, 2.05) is 17.7 Å². The predicted molar refractivity (Wildman–Crippen MR) is 62.5 cm³/mol. The Morgan fingerprint density at radius 2 is 2.35 bits per heavy atom. The number of methoxy groups -OCH3 is 1. The van der Waals surface area contributed by atoms with E-state index >= 15 is 0 Å². The molecule has 1 unspecified atom stereocenters. The number of aromatic nitrogens is 2. The van der Waals surface area contributed by atoms with Gasteiger partial charge in [0.1, 0.15) is 6.61 Å². The first kappa shape index (κ1) is 13.7. The lowest BCUT2D eigenvalue weighted by atomic mass is 10.3. The average molecular weight is 241 g/mol. The van der Waals surface area contributed by atoms with E-state index in [4.69, 9.17) is 9.47 Å². The molecule has 1 aromatic rings. The summed E-state index contributed by atoms with van der Waals surface area (Å²) in [6, 6.07) is 0.0442. The van der Waals surface area contributed by atoms with Gasteiger partial charge in [0.15, 0.2) is 0 Å². The fraction of sp³-hybridized carbons (Fsp3) is 0.636. The van der Waals surface area contributed by atoms with Gasteiger partial charge in [-0.25, -0.2) is 4.98 Å². The van der Waals surface area contributed by atoms with Crippen LogP contribution < -0.4 is 5.32 Å². The number of amides is 1. The Bertz CT molecular complexity index is 314. The predicted octanol–water partition coefficient (Wildman–Crippen LogP) is 0.0508. The minimum Gasteiger partial charge on any atom is -0.382 e.